The topological polar surface area (TPSA) is 46.9 Å². The maximum absolute atomic E-state index is 12.3. The van der Waals surface area contributed by atoms with Crippen LogP contribution in [0.3, 0.4) is 0 Å². The van der Waals surface area contributed by atoms with Gasteiger partial charge in [-0.15, -0.1) is 0 Å². The predicted molar refractivity (Wildman–Crippen MR) is 91.9 cm³/mol. The van der Waals surface area contributed by atoms with Gasteiger partial charge < -0.3 is 9.88 Å². The van der Waals surface area contributed by atoms with Crippen molar-refractivity contribution in [2.75, 3.05) is 5.32 Å². The lowest BCUT2D eigenvalue weighted by Crippen LogP contribution is -2.20. The molecule has 0 fully saturated rings. The zero-order valence-electron chi connectivity index (χ0n) is 12.2. The summed E-state index contributed by atoms with van der Waals surface area (Å²) in [5, 5.41) is 2.92. The van der Waals surface area contributed by atoms with Crippen molar-refractivity contribution >= 4 is 38.6 Å². The minimum atomic E-state index is -0.0593. The molecule has 1 amide bonds. The maximum atomic E-state index is 12.3. The van der Waals surface area contributed by atoms with Crippen molar-refractivity contribution in [3.8, 4) is 0 Å². The van der Waals surface area contributed by atoms with Crippen LogP contribution in [0.2, 0.25) is 0 Å². The van der Waals surface area contributed by atoms with Crippen molar-refractivity contribution in [1.82, 2.24) is 9.55 Å². The second-order valence-corrected chi connectivity index (χ2v) is 5.93. The van der Waals surface area contributed by atoms with Crippen LogP contribution in [0.1, 0.15) is 12.7 Å². The van der Waals surface area contributed by atoms with Crippen LogP contribution < -0.4 is 5.32 Å². The van der Waals surface area contributed by atoms with Gasteiger partial charge >= 0.3 is 0 Å². The third-order valence-electron chi connectivity index (χ3n) is 3.46. The number of nitrogens with zero attached hydrogens (tertiary/aromatic N) is 2. The second kappa shape index (κ2) is 6.32. The lowest BCUT2D eigenvalue weighted by Gasteiger charge is -2.09. The van der Waals surface area contributed by atoms with Crippen molar-refractivity contribution in [3.63, 3.8) is 0 Å². The Bertz CT molecular complexity index is 826. The van der Waals surface area contributed by atoms with Gasteiger partial charge in [-0.1, -0.05) is 41.1 Å². The highest BCUT2D eigenvalue weighted by Gasteiger charge is 2.12. The van der Waals surface area contributed by atoms with Gasteiger partial charge in [0.05, 0.1) is 11.0 Å². The van der Waals surface area contributed by atoms with Gasteiger partial charge in [0.25, 0.3) is 0 Å². The van der Waals surface area contributed by atoms with Crippen LogP contribution in [0.5, 0.6) is 0 Å². The fourth-order valence-corrected chi connectivity index (χ4v) is 2.88. The third kappa shape index (κ3) is 3.04. The number of aromatic nitrogens is 2. The van der Waals surface area contributed by atoms with Gasteiger partial charge in [0.2, 0.25) is 5.91 Å². The number of para-hydroxylation sites is 2. The Kier molecular flexibility index (Phi) is 4.24. The molecule has 22 heavy (non-hydrogen) atoms. The number of fused-ring (bicyclic) bond motifs is 1. The summed E-state index contributed by atoms with van der Waals surface area (Å²) in [5.74, 6) is 0.863. The fraction of sp³-hybridized carbons (Fsp3) is 0.176. The van der Waals surface area contributed by atoms with Crippen LogP contribution in [0.15, 0.2) is 53.0 Å². The van der Waals surface area contributed by atoms with Gasteiger partial charge in [-0.05, 0) is 30.3 Å². The van der Waals surface area contributed by atoms with E-state index in [1.165, 1.54) is 0 Å². The van der Waals surface area contributed by atoms with Crippen molar-refractivity contribution in [3.05, 3.63) is 58.8 Å². The van der Waals surface area contributed by atoms with Gasteiger partial charge in [0.1, 0.15) is 12.4 Å². The monoisotopic (exact) mass is 357 g/mol. The number of anilines is 1. The standard InChI is InChI=1S/C17H16BrN3O/c1-2-16-20-14-8-3-4-9-15(14)21(16)11-17(22)19-13-7-5-6-12(18)10-13/h3-10H,2,11H2,1H3,(H,19,22). The Morgan fingerprint density at radius 3 is 2.82 bits per heavy atom. The number of rotatable bonds is 4. The number of hydrogen-bond donors (Lipinski definition) is 1. The SMILES string of the molecule is CCc1nc2ccccc2n1CC(=O)Nc1cccc(Br)c1. The number of aryl methyl sites for hydroxylation is 1. The number of imidazole rings is 1. The lowest BCUT2D eigenvalue weighted by atomic mass is 10.3. The normalized spacial score (nSPS) is 10.8. The largest absolute Gasteiger partial charge is 0.324 e. The molecule has 1 aromatic heterocycles. The zero-order chi connectivity index (χ0) is 15.5. The van der Waals surface area contributed by atoms with E-state index in [1.54, 1.807) is 0 Å². The van der Waals surface area contributed by atoms with Crippen LogP contribution in [0.4, 0.5) is 5.69 Å². The number of nitrogens with one attached hydrogen (secondary N) is 1. The highest BCUT2D eigenvalue weighted by Crippen LogP contribution is 2.18. The molecular weight excluding hydrogens is 342 g/mol. The number of hydrogen-bond acceptors (Lipinski definition) is 2. The summed E-state index contributed by atoms with van der Waals surface area (Å²) in [6.45, 7) is 2.31. The molecule has 0 atom stereocenters. The highest BCUT2D eigenvalue weighted by molar-refractivity contribution is 9.10. The smallest absolute Gasteiger partial charge is 0.244 e. The number of carbonyl (C=O) groups is 1. The summed E-state index contributed by atoms with van der Waals surface area (Å²) in [6.07, 6.45) is 0.791. The average Bonchev–Trinajstić information content (AvgIpc) is 2.85. The second-order valence-electron chi connectivity index (χ2n) is 5.01. The Labute approximate surface area is 137 Å². The number of benzene rings is 2. The maximum Gasteiger partial charge on any atom is 0.244 e. The molecule has 0 aliphatic carbocycles. The molecule has 0 aliphatic rings. The molecule has 0 unspecified atom stereocenters. The minimum absolute atomic E-state index is 0.0593. The average molecular weight is 358 g/mol. The first-order valence-electron chi connectivity index (χ1n) is 7.17. The zero-order valence-corrected chi connectivity index (χ0v) is 13.8. The molecule has 5 heteroatoms. The van der Waals surface area contributed by atoms with Crippen LogP contribution in [0, 0.1) is 0 Å². The van der Waals surface area contributed by atoms with E-state index in [1.807, 2.05) is 60.0 Å². The van der Waals surface area contributed by atoms with Crippen LogP contribution in [-0.4, -0.2) is 15.5 Å². The van der Waals surface area contributed by atoms with E-state index >= 15 is 0 Å². The van der Waals surface area contributed by atoms with Crippen molar-refractivity contribution in [1.29, 1.82) is 0 Å². The van der Waals surface area contributed by atoms with E-state index in [0.717, 1.165) is 33.4 Å². The van der Waals surface area contributed by atoms with E-state index in [-0.39, 0.29) is 12.5 Å². The Morgan fingerprint density at radius 1 is 1.23 bits per heavy atom. The predicted octanol–water partition coefficient (Wildman–Crippen LogP) is 4.00. The summed E-state index contributed by atoms with van der Waals surface area (Å²) < 4.78 is 2.91. The Hall–Kier alpha value is -2.14. The minimum Gasteiger partial charge on any atom is -0.324 e. The van der Waals surface area contributed by atoms with Crippen molar-refractivity contribution < 1.29 is 4.79 Å². The van der Waals surface area contributed by atoms with Crippen LogP contribution in [-0.2, 0) is 17.8 Å². The van der Waals surface area contributed by atoms with E-state index in [2.05, 4.69) is 26.2 Å². The molecule has 2 aromatic carbocycles. The fourth-order valence-electron chi connectivity index (χ4n) is 2.48. The van der Waals surface area contributed by atoms with E-state index in [4.69, 9.17) is 0 Å². The summed E-state index contributed by atoms with van der Waals surface area (Å²) in [6, 6.07) is 15.5. The molecule has 0 bridgehead atoms. The Balaban J connectivity index is 1.85. The molecule has 0 saturated heterocycles. The lowest BCUT2D eigenvalue weighted by molar-refractivity contribution is -0.116. The van der Waals surface area contributed by atoms with Crippen molar-refractivity contribution in [2.45, 2.75) is 19.9 Å². The third-order valence-corrected chi connectivity index (χ3v) is 3.95. The van der Waals surface area contributed by atoms with Crippen LogP contribution in [0.25, 0.3) is 11.0 Å². The number of carbonyl (C=O) groups excluding carboxylic acids is 1. The molecule has 3 rings (SSSR count). The molecule has 112 valence electrons. The molecule has 3 aromatic rings. The molecule has 0 saturated carbocycles. The first kappa shape index (κ1) is 14.8. The molecule has 1 heterocycles. The summed E-state index contributed by atoms with van der Waals surface area (Å²) in [7, 11) is 0. The molecule has 0 aliphatic heterocycles. The summed E-state index contributed by atoms with van der Waals surface area (Å²) in [4.78, 5) is 16.9. The molecule has 4 nitrogen and oxygen atoms in total. The number of halogens is 1. The van der Waals surface area contributed by atoms with Gasteiger partial charge in [0.15, 0.2) is 0 Å². The first-order valence-corrected chi connectivity index (χ1v) is 7.96. The van der Waals surface area contributed by atoms with Gasteiger partial charge in [-0.3, -0.25) is 4.79 Å². The van der Waals surface area contributed by atoms with E-state index in [9.17, 15) is 4.79 Å². The quantitative estimate of drug-likeness (QED) is 0.766. The van der Waals surface area contributed by atoms with E-state index in [0.29, 0.717) is 0 Å². The number of amides is 1. The van der Waals surface area contributed by atoms with Gasteiger partial charge in [-0.25, -0.2) is 4.98 Å². The summed E-state index contributed by atoms with van der Waals surface area (Å²) >= 11 is 3.40. The van der Waals surface area contributed by atoms with Gasteiger partial charge in [-0.2, -0.15) is 0 Å². The molecule has 0 radical (unpaired) electrons. The van der Waals surface area contributed by atoms with Crippen LogP contribution >= 0.6 is 15.9 Å². The molecular formula is C17H16BrN3O. The van der Waals surface area contributed by atoms with Gasteiger partial charge in [0, 0.05) is 16.6 Å². The summed E-state index contributed by atoms with van der Waals surface area (Å²) in [5.41, 5.74) is 2.69. The first-order chi connectivity index (χ1) is 10.7. The highest BCUT2D eigenvalue weighted by atomic mass is 79.9. The van der Waals surface area contributed by atoms with Crippen molar-refractivity contribution in [2.24, 2.45) is 0 Å². The molecule has 1 N–H and O–H groups in total. The molecule has 0 spiro atoms. The Morgan fingerprint density at radius 2 is 2.05 bits per heavy atom. The van der Waals surface area contributed by atoms with E-state index < -0.39 is 0 Å².